The first-order valence-corrected chi connectivity index (χ1v) is 10.2. The van der Waals surface area contributed by atoms with Gasteiger partial charge < -0.3 is 15.3 Å². The summed E-state index contributed by atoms with van der Waals surface area (Å²) in [6.07, 6.45) is 16.7. The highest BCUT2D eigenvalue weighted by atomic mass is 79.9. The van der Waals surface area contributed by atoms with Gasteiger partial charge in [0, 0.05) is 0 Å². The van der Waals surface area contributed by atoms with Crippen molar-refractivity contribution in [2.24, 2.45) is 0 Å². The van der Waals surface area contributed by atoms with Crippen molar-refractivity contribution in [2.45, 2.75) is 107 Å². The molecule has 0 spiro atoms. The number of hydrogen-bond donors (Lipinski definition) is 3. The summed E-state index contributed by atoms with van der Waals surface area (Å²) in [5.74, 6) is -4.27. The van der Waals surface area contributed by atoms with E-state index in [1.54, 1.807) is 0 Å². The first kappa shape index (κ1) is 22.9. The third-order valence-electron chi connectivity index (χ3n) is 4.31. The summed E-state index contributed by atoms with van der Waals surface area (Å²) in [6, 6.07) is 0. The van der Waals surface area contributed by atoms with Crippen molar-refractivity contribution in [3.8, 4) is 0 Å². The van der Waals surface area contributed by atoms with Crippen molar-refractivity contribution < 1.29 is 20.1 Å². The quantitative estimate of drug-likeness (QED) is 0.195. The molecule has 4 nitrogen and oxygen atoms in total. The number of carboxylic acids is 1. The summed E-state index contributed by atoms with van der Waals surface area (Å²) in [5, 5.41) is 27.4. The van der Waals surface area contributed by atoms with Crippen LogP contribution in [0.4, 0.5) is 0 Å². The first-order chi connectivity index (χ1) is 10.9. The molecule has 0 radical (unpaired) electrons. The minimum Gasteiger partial charge on any atom is -0.477 e. The standard InChI is InChI=1S/C18H35BrO4/c1-2-3-4-5-6-7-8-9-10-11-12-13-14-15-16(19)18(22,23)17(20)21/h16,22-23H,2-15H2,1H3,(H,20,21). The number of alkyl halides is 1. The molecule has 0 aliphatic heterocycles. The van der Waals surface area contributed by atoms with E-state index in [1.807, 2.05) is 0 Å². The van der Waals surface area contributed by atoms with Gasteiger partial charge in [-0.15, -0.1) is 0 Å². The van der Waals surface area contributed by atoms with Crippen molar-refractivity contribution in [1.29, 1.82) is 0 Å². The Morgan fingerprint density at radius 1 is 0.826 bits per heavy atom. The lowest BCUT2D eigenvalue weighted by molar-refractivity contribution is -0.202. The van der Waals surface area contributed by atoms with Crippen LogP contribution >= 0.6 is 15.9 Å². The van der Waals surface area contributed by atoms with E-state index in [2.05, 4.69) is 22.9 Å². The van der Waals surface area contributed by atoms with E-state index in [9.17, 15) is 15.0 Å². The second kappa shape index (κ2) is 14.2. The van der Waals surface area contributed by atoms with Crippen LogP contribution in [0, 0.1) is 0 Å². The highest BCUT2D eigenvalue weighted by Gasteiger charge is 2.40. The Labute approximate surface area is 149 Å². The van der Waals surface area contributed by atoms with Gasteiger partial charge >= 0.3 is 5.97 Å². The molecule has 0 aliphatic carbocycles. The van der Waals surface area contributed by atoms with Gasteiger partial charge in [-0.05, 0) is 6.42 Å². The molecule has 0 rings (SSSR count). The van der Waals surface area contributed by atoms with Crippen LogP contribution in [0.5, 0.6) is 0 Å². The van der Waals surface area contributed by atoms with E-state index in [0.29, 0.717) is 6.42 Å². The van der Waals surface area contributed by atoms with Crippen LogP contribution in [0.15, 0.2) is 0 Å². The molecule has 5 heteroatoms. The van der Waals surface area contributed by atoms with E-state index >= 15 is 0 Å². The smallest absolute Gasteiger partial charge is 0.365 e. The number of carboxylic acid groups (broad SMARTS) is 1. The summed E-state index contributed by atoms with van der Waals surface area (Å²) in [5.41, 5.74) is 0. The minimum atomic E-state index is -2.67. The Hall–Kier alpha value is -0.130. The molecule has 0 heterocycles. The summed E-state index contributed by atoms with van der Waals surface area (Å²) in [7, 11) is 0. The van der Waals surface area contributed by atoms with E-state index in [-0.39, 0.29) is 0 Å². The molecule has 0 saturated heterocycles. The van der Waals surface area contributed by atoms with E-state index in [4.69, 9.17) is 5.11 Å². The van der Waals surface area contributed by atoms with Gasteiger partial charge in [0.2, 0.25) is 0 Å². The molecule has 0 bridgehead atoms. The van der Waals surface area contributed by atoms with Crippen LogP contribution in [0.1, 0.15) is 96.8 Å². The monoisotopic (exact) mass is 394 g/mol. The van der Waals surface area contributed by atoms with Gasteiger partial charge in [0.15, 0.2) is 0 Å². The third kappa shape index (κ3) is 12.0. The van der Waals surface area contributed by atoms with Gasteiger partial charge in [0.05, 0.1) is 4.83 Å². The number of aliphatic hydroxyl groups is 2. The number of unbranched alkanes of at least 4 members (excludes halogenated alkanes) is 12. The van der Waals surface area contributed by atoms with Crippen LogP contribution in [0.25, 0.3) is 0 Å². The molecule has 23 heavy (non-hydrogen) atoms. The van der Waals surface area contributed by atoms with Crippen LogP contribution in [-0.4, -0.2) is 31.9 Å². The maximum Gasteiger partial charge on any atom is 0.365 e. The average Bonchev–Trinajstić information content (AvgIpc) is 2.51. The lowest BCUT2D eigenvalue weighted by Gasteiger charge is -2.22. The number of aliphatic carboxylic acids is 1. The lowest BCUT2D eigenvalue weighted by Crippen LogP contribution is -2.46. The molecule has 0 aromatic rings. The average molecular weight is 395 g/mol. The highest BCUT2D eigenvalue weighted by Crippen LogP contribution is 2.22. The van der Waals surface area contributed by atoms with Crippen LogP contribution in [0.3, 0.4) is 0 Å². The van der Waals surface area contributed by atoms with Gasteiger partial charge in [0.25, 0.3) is 5.79 Å². The Kier molecular flexibility index (Phi) is 14.2. The van der Waals surface area contributed by atoms with Crippen molar-refractivity contribution in [3.05, 3.63) is 0 Å². The lowest BCUT2D eigenvalue weighted by atomic mass is 10.0. The van der Waals surface area contributed by atoms with E-state index in [0.717, 1.165) is 19.3 Å². The molecule has 0 aliphatic rings. The molecule has 3 N–H and O–H groups in total. The second-order valence-electron chi connectivity index (χ2n) is 6.53. The largest absolute Gasteiger partial charge is 0.477 e. The summed E-state index contributed by atoms with van der Waals surface area (Å²) in [4.78, 5) is 9.85. The summed E-state index contributed by atoms with van der Waals surface area (Å²) in [6.45, 7) is 2.24. The number of rotatable bonds is 16. The van der Waals surface area contributed by atoms with Crippen molar-refractivity contribution in [3.63, 3.8) is 0 Å². The fourth-order valence-corrected chi connectivity index (χ4v) is 3.20. The van der Waals surface area contributed by atoms with Crippen molar-refractivity contribution in [1.82, 2.24) is 0 Å². The predicted octanol–water partition coefficient (Wildman–Crippen LogP) is 5.00. The molecule has 0 aromatic heterocycles. The van der Waals surface area contributed by atoms with Crippen molar-refractivity contribution >= 4 is 21.9 Å². The maximum absolute atomic E-state index is 10.7. The van der Waals surface area contributed by atoms with Gasteiger partial charge in [-0.2, -0.15) is 0 Å². The highest BCUT2D eigenvalue weighted by molar-refractivity contribution is 9.09. The zero-order valence-electron chi connectivity index (χ0n) is 14.6. The molecule has 0 amide bonds. The summed E-state index contributed by atoms with van der Waals surface area (Å²) >= 11 is 3.05. The number of hydrogen-bond acceptors (Lipinski definition) is 3. The Balaban J connectivity index is 3.32. The minimum absolute atomic E-state index is 0.455. The van der Waals surface area contributed by atoms with Crippen LogP contribution in [0.2, 0.25) is 0 Å². The second-order valence-corrected chi connectivity index (χ2v) is 7.64. The molecular formula is C18H35BrO4. The summed E-state index contributed by atoms with van der Waals surface area (Å²) < 4.78 is 0. The topological polar surface area (TPSA) is 77.8 Å². The molecule has 0 aromatic carbocycles. The van der Waals surface area contributed by atoms with Crippen molar-refractivity contribution in [2.75, 3.05) is 0 Å². The Morgan fingerprint density at radius 2 is 1.17 bits per heavy atom. The van der Waals surface area contributed by atoms with Gasteiger partial charge in [-0.1, -0.05) is 106 Å². The van der Waals surface area contributed by atoms with E-state index in [1.165, 1.54) is 64.2 Å². The first-order valence-electron chi connectivity index (χ1n) is 9.25. The van der Waals surface area contributed by atoms with Gasteiger partial charge in [-0.25, -0.2) is 4.79 Å². The van der Waals surface area contributed by atoms with Gasteiger partial charge in [0.1, 0.15) is 0 Å². The molecule has 138 valence electrons. The number of halogens is 1. The molecular weight excluding hydrogens is 360 g/mol. The van der Waals surface area contributed by atoms with Crippen LogP contribution < -0.4 is 0 Å². The van der Waals surface area contributed by atoms with E-state index < -0.39 is 16.6 Å². The Morgan fingerprint density at radius 3 is 1.52 bits per heavy atom. The zero-order chi connectivity index (χ0) is 17.6. The predicted molar refractivity (Wildman–Crippen MR) is 97.8 cm³/mol. The molecule has 1 unspecified atom stereocenters. The fraction of sp³-hybridized carbons (Fsp3) is 0.944. The normalized spacial score (nSPS) is 13.2. The van der Waals surface area contributed by atoms with Gasteiger partial charge in [-0.3, -0.25) is 0 Å². The van der Waals surface area contributed by atoms with Crippen LogP contribution in [-0.2, 0) is 4.79 Å². The molecule has 0 fully saturated rings. The zero-order valence-corrected chi connectivity index (χ0v) is 16.2. The maximum atomic E-state index is 10.7. The number of carbonyl (C=O) groups is 1. The SMILES string of the molecule is CCCCCCCCCCCCCCCC(Br)C(O)(O)C(=O)O. The Bertz CT molecular complexity index is 295. The third-order valence-corrected chi connectivity index (χ3v) is 5.41. The molecule has 0 saturated carbocycles. The molecule has 1 atom stereocenters. The fourth-order valence-electron chi connectivity index (χ4n) is 2.68.